The first-order chi connectivity index (χ1) is 6.66. The first-order valence-electron chi connectivity index (χ1n) is 4.75. The van der Waals surface area contributed by atoms with E-state index in [-0.39, 0.29) is 0 Å². The van der Waals surface area contributed by atoms with E-state index in [0.29, 0.717) is 6.54 Å². The van der Waals surface area contributed by atoms with E-state index >= 15 is 0 Å². The summed E-state index contributed by atoms with van der Waals surface area (Å²) in [4.78, 5) is 0. The number of rotatable bonds is 5. The van der Waals surface area contributed by atoms with Gasteiger partial charge >= 0.3 is 0 Å². The van der Waals surface area contributed by atoms with Gasteiger partial charge in [-0.25, -0.2) is 0 Å². The molecule has 0 aromatic carbocycles. The highest BCUT2D eigenvalue weighted by atomic mass is 35.5. The smallest absolute Gasteiger partial charge is 0.0860 e. The van der Waals surface area contributed by atoms with Gasteiger partial charge in [0.05, 0.1) is 16.4 Å². The zero-order valence-electron chi connectivity index (χ0n) is 8.68. The number of hydrogen-bond acceptors (Lipinski definition) is 3. The maximum absolute atomic E-state index is 6.08. The lowest BCUT2D eigenvalue weighted by Gasteiger charge is -2.04. The average molecular weight is 217 g/mol. The number of nitrogens with one attached hydrogen (secondary N) is 1. The van der Waals surface area contributed by atoms with Crippen LogP contribution < -0.4 is 11.1 Å². The van der Waals surface area contributed by atoms with Gasteiger partial charge in [-0.1, -0.05) is 11.6 Å². The molecule has 0 amide bonds. The second kappa shape index (κ2) is 5.34. The third-order valence-electron chi connectivity index (χ3n) is 2.11. The summed E-state index contributed by atoms with van der Waals surface area (Å²) in [6.07, 6.45) is 0.981. The maximum Gasteiger partial charge on any atom is 0.0860 e. The van der Waals surface area contributed by atoms with E-state index in [2.05, 4.69) is 10.4 Å². The van der Waals surface area contributed by atoms with Crippen molar-refractivity contribution in [3.8, 4) is 0 Å². The van der Waals surface area contributed by atoms with E-state index in [1.165, 1.54) is 0 Å². The predicted octanol–water partition coefficient (Wildman–Crippen LogP) is 0.820. The highest BCUT2D eigenvalue weighted by Gasteiger charge is 2.09. The summed E-state index contributed by atoms with van der Waals surface area (Å²) < 4.78 is 1.81. The molecule has 0 aliphatic heterocycles. The first-order valence-corrected chi connectivity index (χ1v) is 5.13. The van der Waals surface area contributed by atoms with Crippen molar-refractivity contribution in [2.45, 2.75) is 19.9 Å². The van der Waals surface area contributed by atoms with Crippen molar-refractivity contribution in [1.29, 1.82) is 0 Å². The molecule has 0 aliphatic rings. The van der Waals surface area contributed by atoms with Gasteiger partial charge in [-0.05, 0) is 26.4 Å². The lowest BCUT2D eigenvalue weighted by molar-refractivity contribution is 0.609. The zero-order valence-corrected chi connectivity index (χ0v) is 9.43. The lowest BCUT2D eigenvalue weighted by Crippen LogP contribution is -2.19. The van der Waals surface area contributed by atoms with Crippen molar-refractivity contribution in [2.75, 3.05) is 13.1 Å². The molecule has 0 spiro atoms. The zero-order chi connectivity index (χ0) is 10.6. The monoisotopic (exact) mass is 216 g/mol. The molecule has 0 bridgehead atoms. The minimum Gasteiger partial charge on any atom is -0.330 e. The number of aryl methyl sites for hydroxylation is 2. The quantitative estimate of drug-likeness (QED) is 0.717. The van der Waals surface area contributed by atoms with E-state index in [1.807, 2.05) is 18.7 Å². The van der Waals surface area contributed by atoms with E-state index < -0.39 is 0 Å². The second-order valence-corrected chi connectivity index (χ2v) is 3.67. The van der Waals surface area contributed by atoms with Crippen LogP contribution in [-0.2, 0) is 13.6 Å². The van der Waals surface area contributed by atoms with Crippen LogP contribution in [0.15, 0.2) is 0 Å². The van der Waals surface area contributed by atoms with Gasteiger partial charge in [0.2, 0.25) is 0 Å². The highest BCUT2D eigenvalue weighted by Crippen LogP contribution is 2.18. The van der Waals surface area contributed by atoms with Gasteiger partial charge < -0.3 is 11.1 Å². The molecule has 5 heteroatoms. The minimum absolute atomic E-state index is 0.713. The Morgan fingerprint density at radius 1 is 1.57 bits per heavy atom. The van der Waals surface area contributed by atoms with Crippen LogP contribution in [0.4, 0.5) is 0 Å². The van der Waals surface area contributed by atoms with Crippen LogP contribution in [0.3, 0.4) is 0 Å². The van der Waals surface area contributed by atoms with Crippen LogP contribution in [0, 0.1) is 6.92 Å². The fourth-order valence-electron chi connectivity index (χ4n) is 1.31. The normalized spacial score (nSPS) is 10.9. The summed E-state index contributed by atoms with van der Waals surface area (Å²) in [5, 5.41) is 8.26. The molecule has 14 heavy (non-hydrogen) atoms. The molecule has 1 heterocycles. The maximum atomic E-state index is 6.08. The van der Waals surface area contributed by atoms with E-state index in [0.717, 1.165) is 35.9 Å². The molecule has 0 aliphatic carbocycles. The summed E-state index contributed by atoms with van der Waals surface area (Å²) in [6, 6.07) is 0. The third kappa shape index (κ3) is 2.70. The van der Waals surface area contributed by atoms with Gasteiger partial charge in [0.1, 0.15) is 0 Å². The Kier molecular flexibility index (Phi) is 4.38. The van der Waals surface area contributed by atoms with Crippen LogP contribution in [0.5, 0.6) is 0 Å². The predicted molar refractivity (Wildman–Crippen MR) is 58.3 cm³/mol. The molecule has 4 nitrogen and oxygen atoms in total. The molecule has 0 saturated heterocycles. The Morgan fingerprint density at radius 2 is 2.29 bits per heavy atom. The van der Waals surface area contributed by atoms with E-state index in [1.54, 1.807) is 0 Å². The second-order valence-electron chi connectivity index (χ2n) is 3.29. The topological polar surface area (TPSA) is 55.9 Å². The van der Waals surface area contributed by atoms with E-state index in [4.69, 9.17) is 17.3 Å². The molecule has 0 radical (unpaired) electrons. The summed E-state index contributed by atoms with van der Waals surface area (Å²) in [5.41, 5.74) is 7.30. The van der Waals surface area contributed by atoms with Crippen molar-refractivity contribution in [2.24, 2.45) is 12.8 Å². The largest absolute Gasteiger partial charge is 0.330 e. The van der Waals surface area contributed by atoms with Gasteiger partial charge in [-0.15, -0.1) is 0 Å². The molecule has 1 aromatic heterocycles. The van der Waals surface area contributed by atoms with Crippen molar-refractivity contribution >= 4 is 11.6 Å². The molecule has 1 rings (SSSR count). The number of nitrogens with two attached hydrogens (primary N) is 1. The summed E-state index contributed by atoms with van der Waals surface area (Å²) >= 11 is 6.08. The standard InChI is InChI=1S/C9H17ClN4/c1-7-9(10)8(14(2)13-7)6-12-5-3-4-11/h12H,3-6,11H2,1-2H3. The van der Waals surface area contributed by atoms with Crippen molar-refractivity contribution in [1.82, 2.24) is 15.1 Å². The van der Waals surface area contributed by atoms with Crippen molar-refractivity contribution < 1.29 is 0 Å². The van der Waals surface area contributed by atoms with E-state index in [9.17, 15) is 0 Å². The van der Waals surface area contributed by atoms with Crippen molar-refractivity contribution in [3.63, 3.8) is 0 Å². The molecule has 3 N–H and O–H groups in total. The molecule has 80 valence electrons. The number of hydrogen-bond donors (Lipinski definition) is 2. The number of aromatic nitrogens is 2. The Labute approximate surface area is 89.4 Å². The average Bonchev–Trinajstić information content (AvgIpc) is 2.38. The van der Waals surface area contributed by atoms with Crippen LogP contribution >= 0.6 is 11.6 Å². The fourth-order valence-corrected chi connectivity index (χ4v) is 1.53. The molecule has 0 fully saturated rings. The molecule has 0 saturated carbocycles. The van der Waals surface area contributed by atoms with Gasteiger partial charge in [0, 0.05) is 13.6 Å². The molecule has 0 atom stereocenters. The van der Waals surface area contributed by atoms with Crippen LogP contribution in [0.25, 0.3) is 0 Å². The SMILES string of the molecule is Cc1nn(C)c(CNCCCN)c1Cl. The number of halogens is 1. The minimum atomic E-state index is 0.713. The van der Waals surface area contributed by atoms with Gasteiger partial charge in [-0.2, -0.15) is 5.10 Å². The fraction of sp³-hybridized carbons (Fsp3) is 0.667. The van der Waals surface area contributed by atoms with Gasteiger partial charge in [-0.3, -0.25) is 4.68 Å². The molecule has 1 aromatic rings. The van der Waals surface area contributed by atoms with Crippen LogP contribution in [-0.4, -0.2) is 22.9 Å². The Morgan fingerprint density at radius 3 is 2.79 bits per heavy atom. The summed E-state index contributed by atoms with van der Waals surface area (Å²) in [7, 11) is 1.90. The molecular weight excluding hydrogens is 200 g/mol. The Bertz CT molecular complexity index is 295. The summed E-state index contributed by atoms with van der Waals surface area (Å²) in [5.74, 6) is 0. The third-order valence-corrected chi connectivity index (χ3v) is 2.60. The van der Waals surface area contributed by atoms with Crippen LogP contribution in [0.2, 0.25) is 5.02 Å². The van der Waals surface area contributed by atoms with Crippen molar-refractivity contribution in [3.05, 3.63) is 16.4 Å². The lowest BCUT2D eigenvalue weighted by atomic mass is 10.3. The molecular formula is C9H17ClN4. The molecule has 0 unspecified atom stereocenters. The Balaban J connectivity index is 2.49. The first kappa shape index (κ1) is 11.5. The van der Waals surface area contributed by atoms with Gasteiger partial charge in [0.15, 0.2) is 0 Å². The van der Waals surface area contributed by atoms with Gasteiger partial charge in [0.25, 0.3) is 0 Å². The highest BCUT2D eigenvalue weighted by molar-refractivity contribution is 6.31. The summed E-state index contributed by atoms with van der Waals surface area (Å²) in [6.45, 7) is 4.28. The number of nitrogens with zero attached hydrogens (tertiary/aromatic N) is 2. The van der Waals surface area contributed by atoms with Crippen LogP contribution in [0.1, 0.15) is 17.8 Å². The Hall–Kier alpha value is -0.580.